The summed E-state index contributed by atoms with van der Waals surface area (Å²) in [5.74, 6) is 0.141. The molecule has 0 atom stereocenters. The molecule has 11 heteroatoms. The molecular weight excluding hydrogens is 549 g/mol. The summed E-state index contributed by atoms with van der Waals surface area (Å²) in [6.45, 7) is 1.98. The molecule has 0 bridgehead atoms. The lowest BCUT2D eigenvalue weighted by atomic mass is 10.1. The molecule has 200 valence electrons. The Hall–Kier alpha value is -3.11. The number of methoxy groups -OCH3 is 1. The molecule has 2 heterocycles. The van der Waals surface area contributed by atoms with Crippen LogP contribution in [-0.4, -0.2) is 56.0 Å². The van der Waals surface area contributed by atoms with E-state index in [2.05, 4.69) is 15.5 Å². The molecule has 1 aromatic heterocycles. The number of piperidine rings is 1. The third kappa shape index (κ3) is 7.26. The van der Waals surface area contributed by atoms with E-state index < -0.39 is 6.09 Å². The summed E-state index contributed by atoms with van der Waals surface area (Å²) < 4.78 is 10.8. The van der Waals surface area contributed by atoms with Gasteiger partial charge in [0.05, 0.1) is 33.9 Å². The molecule has 0 radical (unpaired) electrons. The van der Waals surface area contributed by atoms with Gasteiger partial charge in [0.25, 0.3) is 0 Å². The SMILES string of the molecule is COc1cc(NC(=O)CCN2CCC(OC(=O)Nc3ccsc3-c3cccc(Cl)c3)CC2)c(Cl)cc1C=O. The van der Waals surface area contributed by atoms with Gasteiger partial charge in [0.2, 0.25) is 5.91 Å². The number of likely N-dealkylation sites (tertiary alicyclic amines) is 1. The molecule has 3 aromatic rings. The number of thiophene rings is 1. The highest BCUT2D eigenvalue weighted by Gasteiger charge is 2.23. The highest BCUT2D eigenvalue weighted by atomic mass is 35.5. The maximum absolute atomic E-state index is 12.6. The minimum atomic E-state index is -0.489. The van der Waals surface area contributed by atoms with Crippen LogP contribution in [0.1, 0.15) is 29.6 Å². The zero-order chi connectivity index (χ0) is 27.1. The summed E-state index contributed by atoms with van der Waals surface area (Å²) in [6, 6.07) is 12.3. The molecule has 8 nitrogen and oxygen atoms in total. The number of benzene rings is 2. The summed E-state index contributed by atoms with van der Waals surface area (Å²) >= 11 is 13.8. The number of halogens is 2. The predicted octanol–water partition coefficient (Wildman–Crippen LogP) is 6.58. The van der Waals surface area contributed by atoms with Crippen molar-refractivity contribution >= 4 is 64.2 Å². The van der Waals surface area contributed by atoms with E-state index in [1.165, 1.54) is 30.6 Å². The topological polar surface area (TPSA) is 97.0 Å². The second-order valence-electron chi connectivity index (χ2n) is 8.74. The van der Waals surface area contributed by atoms with Crippen molar-refractivity contribution < 1.29 is 23.9 Å². The Kier molecular flexibility index (Phi) is 9.63. The van der Waals surface area contributed by atoms with E-state index in [1.54, 1.807) is 6.07 Å². The van der Waals surface area contributed by atoms with Gasteiger partial charge in [0.15, 0.2) is 6.29 Å². The number of aldehydes is 1. The number of nitrogens with zero attached hydrogens (tertiary/aromatic N) is 1. The number of hydrogen-bond acceptors (Lipinski definition) is 7. The Labute approximate surface area is 234 Å². The van der Waals surface area contributed by atoms with Crippen LogP contribution >= 0.6 is 34.5 Å². The number of rotatable bonds is 9. The molecule has 1 aliphatic rings. The number of amides is 2. The van der Waals surface area contributed by atoms with Crippen molar-refractivity contribution in [2.75, 3.05) is 37.4 Å². The highest BCUT2D eigenvalue weighted by molar-refractivity contribution is 7.14. The van der Waals surface area contributed by atoms with Crippen molar-refractivity contribution in [1.82, 2.24) is 4.90 Å². The van der Waals surface area contributed by atoms with E-state index >= 15 is 0 Å². The Morgan fingerprint density at radius 2 is 1.89 bits per heavy atom. The molecule has 2 N–H and O–H groups in total. The number of anilines is 2. The standard InChI is InChI=1S/C27H27Cl2N3O5S/c1-36-24-15-23(21(29)14-18(24)16-33)30-25(34)7-11-32-9-5-20(6-10-32)37-27(35)31-22-8-12-38-26(22)17-3-2-4-19(28)13-17/h2-4,8,12-16,20H,5-7,9-11H2,1H3,(H,30,34)(H,31,35). The molecular formula is C27H27Cl2N3O5S. The van der Waals surface area contributed by atoms with Gasteiger partial charge in [-0.15, -0.1) is 11.3 Å². The molecule has 4 rings (SSSR count). The van der Waals surface area contributed by atoms with Gasteiger partial charge in [-0.2, -0.15) is 0 Å². The highest BCUT2D eigenvalue weighted by Crippen LogP contribution is 2.35. The Balaban J connectivity index is 1.21. The monoisotopic (exact) mass is 575 g/mol. The van der Waals surface area contributed by atoms with E-state index in [0.29, 0.717) is 66.5 Å². The maximum Gasteiger partial charge on any atom is 0.411 e. The van der Waals surface area contributed by atoms with Crippen molar-refractivity contribution in [2.45, 2.75) is 25.4 Å². The number of nitrogens with one attached hydrogen (secondary N) is 2. The van der Waals surface area contributed by atoms with E-state index in [0.717, 1.165) is 10.4 Å². The fraction of sp³-hybridized carbons (Fsp3) is 0.296. The van der Waals surface area contributed by atoms with Gasteiger partial charge < -0.3 is 19.7 Å². The van der Waals surface area contributed by atoms with Crippen molar-refractivity contribution in [3.63, 3.8) is 0 Å². The molecule has 1 fully saturated rings. The molecule has 1 saturated heterocycles. The average Bonchev–Trinajstić information content (AvgIpc) is 3.37. The third-order valence-corrected chi connectivity index (χ3v) is 7.68. The first-order valence-corrected chi connectivity index (χ1v) is 13.7. The van der Waals surface area contributed by atoms with Gasteiger partial charge in [-0.05, 0) is 48.1 Å². The second kappa shape index (κ2) is 13.1. The van der Waals surface area contributed by atoms with Crippen LogP contribution in [0.15, 0.2) is 47.8 Å². The van der Waals surface area contributed by atoms with Crippen LogP contribution < -0.4 is 15.4 Å². The fourth-order valence-electron chi connectivity index (χ4n) is 4.21. The molecule has 0 aliphatic carbocycles. The van der Waals surface area contributed by atoms with E-state index in [4.69, 9.17) is 32.7 Å². The van der Waals surface area contributed by atoms with Crippen LogP contribution in [0.2, 0.25) is 10.0 Å². The minimum Gasteiger partial charge on any atom is -0.496 e. The van der Waals surface area contributed by atoms with Crippen molar-refractivity contribution in [3.05, 3.63) is 63.5 Å². The lowest BCUT2D eigenvalue weighted by molar-refractivity contribution is -0.116. The van der Waals surface area contributed by atoms with Crippen LogP contribution in [-0.2, 0) is 9.53 Å². The molecule has 1 aliphatic heterocycles. The van der Waals surface area contributed by atoms with Crippen LogP contribution in [0, 0.1) is 0 Å². The normalized spacial score (nSPS) is 14.1. The zero-order valence-electron chi connectivity index (χ0n) is 20.7. The number of carbonyl (C=O) groups is 3. The average molecular weight is 577 g/mol. The summed E-state index contributed by atoms with van der Waals surface area (Å²) in [4.78, 5) is 39.2. The summed E-state index contributed by atoms with van der Waals surface area (Å²) in [6.07, 6.45) is 1.58. The fourth-order valence-corrected chi connectivity index (χ4v) is 5.47. The van der Waals surface area contributed by atoms with Gasteiger partial charge in [0.1, 0.15) is 11.9 Å². The van der Waals surface area contributed by atoms with Gasteiger partial charge >= 0.3 is 6.09 Å². The van der Waals surface area contributed by atoms with E-state index in [1.807, 2.05) is 29.6 Å². The molecule has 0 spiro atoms. The van der Waals surface area contributed by atoms with Crippen LogP contribution in [0.3, 0.4) is 0 Å². The summed E-state index contributed by atoms with van der Waals surface area (Å²) in [5.41, 5.74) is 2.32. The molecule has 2 amide bonds. The molecule has 0 saturated carbocycles. The predicted molar refractivity (Wildman–Crippen MR) is 151 cm³/mol. The van der Waals surface area contributed by atoms with Gasteiger partial charge in [-0.1, -0.05) is 35.3 Å². The maximum atomic E-state index is 12.6. The van der Waals surface area contributed by atoms with Crippen LogP contribution in [0.25, 0.3) is 10.4 Å². The summed E-state index contributed by atoms with van der Waals surface area (Å²) in [7, 11) is 1.44. The Bertz CT molecular complexity index is 1310. The van der Waals surface area contributed by atoms with Gasteiger partial charge in [0, 0.05) is 37.1 Å². The summed E-state index contributed by atoms with van der Waals surface area (Å²) in [5, 5.41) is 8.43. The first kappa shape index (κ1) is 27.9. The van der Waals surface area contributed by atoms with Gasteiger partial charge in [-0.3, -0.25) is 14.9 Å². The minimum absolute atomic E-state index is 0.197. The van der Waals surface area contributed by atoms with Gasteiger partial charge in [-0.25, -0.2) is 4.79 Å². The number of hydrogen-bond donors (Lipinski definition) is 2. The lowest BCUT2D eigenvalue weighted by Crippen LogP contribution is -2.39. The van der Waals surface area contributed by atoms with Crippen molar-refractivity contribution in [1.29, 1.82) is 0 Å². The number of ether oxygens (including phenoxy) is 2. The van der Waals surface area contributed by atoms with Crippen molar-refractivity contribution in [2.24, 2.45) is 0 Å². The quantitative estimate of drug-likeness (QED) is 0.279. The third-order valence-electron chi connectivity index (χ3n) is 6.17. The smallest absolute Gasteiger partial charge is 0.411 e. The first-order chi connectivity index (χ1) is 18.4. The van der Waals surface area contributed by atoms with E-state index in [9.17, 15) is 14.4 Å². The second-order valence-corrected chi connectivity index (χ2v) is 10.5. The Morgan fingerprint density at radius 3 is 2.61 bits per heavy atom. The molecule has 0 unspecified atom stereocenters. The van der Waals surface area contributed by atoms with Crippen molar-refractivity contribution in [3.8, 4) is 16.2 Å². The first-order valence-electron chi connectivity index (χ1n) is 12.0. The lowest BCUT2D eigenvalue weighted by Gasteiger charge is -2.31. The molecule has 2 aromatic carbocycles. The van der Waals surface area contributed by atoms with E-state index in [-0.39, 0.29) is 23.5 Å². The largest absolute Gasteiger partial charge is 0.496 e. The Morgan fingerprint density at radius 1 is 1.11 bits per heavy atom. The number of carbonyl (C=O) groups excluding carboxylic acids is 3. The molecule has 38 heavy (non-hydrogen) atoms. The van der Waals surface area contributed by atoms with Crippen LogP contribution in [0.5, 0.6) is 5.75 Å². The zero-order valence-corrected chi connectivity index (χ0v) is 23.0. The van der Waals surface area contributed by atoms with Crippen LogP contribution in [0.4, 0.5) is 16.2 Å².